The van der Waals surface area contributed by atoms with Crippen LogP contribution in [0.15, 0.2) is 47.4 Å². The molecule has 0 amide bonds. The molecule has 8 nitrogen and oxygen atoms in total. The number of hydrogen-bond acceptors (Lipinski definition) is 5. The standard InChI is InChI=1S/C26H24F2N4O4/c1-30-21-10-16(11-22(36-3)23(21)31(2)26(30)35)32-8-4-5-14-9-17(18(24(27)28)12-20(14)32)15-6-7-19(25(33)34)29-13-15/h6-7,9-13,24H,4-5,8H2,1-3H3,(H,33,34). The van der Waals surface area contributed by atoms with E-state index in [4.69, 9.17) is 9.84 Å². The number of fused-ring (bicyclic) bond motifs is 2. The van der Waals surface area contributed by atoms with Gasteiger partial charge in [-0.3, -0.25) is 9.13 Å². The number of ether oxygens (including phenoxy) is 1. The number of rotatable bonds is 5. The van der Waals surface area contributed by atoms with Crippen LogP contribution in [-0.4, -0.2) is 38.8 Å². The molecular weight excluding hydrogens is 470 g/mol. The number of carbonyl (C=O) groups is 1. The quantitative estimate of drug-likeness (QED) is 0.434. The van der Waals surface area contributed by atoms with Crippen LogP contribution in [0.2, 0.25) is 0 Å². The third-order valence-electron chi connectivity index (χ3n) is 6.74. The minimum absolute atomic E-state index is 0.152. The van der Waals surface area contributed by atoms with Gasteiger partial charge in [0.2, 0.25) is 0 Å². The second-order valence-electron chi connectivity index (χ2n) is 8.78. The van der Waals surface area contributed by atoms with E-state index in [0.29, 0.717) is 46.6 Å². The molecule has 186 valence electrons. The molecule has 1 aliphatic heterocycles. The number of aromatic nitrogens is 3. The lowest BCUT2D eigenvalue weighted by Crippen LogP contribution is -2.25. The summed E-state index contributed by atoms with van der Waals surface area (Å²) in [4.78, 5) is 29.5. The van der Waals surface area contributed by atoms with Gasteiger partial charge in [-0.1, -0.05) is 6.07 Å². The maximum atomic E-state index is 14.3. The highest BCUT2D eigenvalue weighted by Gasteiger charge is 2.26. The van der Waals surface area contributed by atoms with Crippen molar-refractivity contribution in [3.8, 4) is 16.9 Å². The Labute approximate surface area is 205 Å². The van der Waals surface area contributed by atoms with Crippen molar-refractivity contribution in [2.45, 2.75) is 19.3 Å². The first-order chi connectivity index (χ1) is 17.2. The van der Waals surface area contributed by atoms with Crippen molar-refractivity contribution in [3.63, 3.8) is 0 Å². The summed E-state index contributed by atoms with van der Waals surface area (Å²) in [6.45, 7) is 0.610. The van der Waals surface area contributed by atoms with Crippen molar-refractivity contribution >= 4 is 28.4 Å². The van der Waals surface area contributed by atoms with Crippen LogP contribution < -0.4 is 15.3 Å². The highest BCUT2D eigenvalue weighted by molar-refractivity contribution is 5.89. The van der Waals surface area contributed by atoms with Crippen LogP contribution >= 0.6 is 0 Å². The molecule has 0 unspecified atom stereocenters. The maximum Gasteiger partial charge on any atom is 0.354 e. The van der Waals surface area contributed by atoms with E-state index >= 15 is 0 Å². The van der Waals surface area contributed by atoms with Crippen LogP contribution in [0.25, 0.3) is 22.2 Å². The zero-order valence-corrected chi connectivity index (χ0v) is 20.0. The fourth-order valence-electron chi connectivity index (χ4n) is 4.93. The Morgan fingerprint density at radius 1 is 1.14 bits per heavy atom. The molecule has 0 spiro atoms. The van der Waals surface area contributed by atoms with Crippen molar-refractivity contribution in [2.75, 3.05) is 18.6 Å². The van der Waals surface area contributed by atoms with Gasteiger partial charge < -0.3 is 14.7 Å². The first-order valence-electron chi connectivity index (χ1n) is 11.4. The Balaban J connectivity index is 1.67. The Morgan fingerprint density at radius 2 is 1.92 bits per heavy atom. The molecule has 2 aromatic heterocycles. The molecule has 0 aliphatic carbocycles. The van der Waals surface area contributed by atoms with Crippen LogP contribution in [0.3, 0.4) is 0 Å². The first kappa shape index (κ1) is 23.5. The van der Waals surface area contributed by atoms with Crippen LogP contribution in [0.1, 0.15) is 34.5 Å². The molecule has 2 aromatic carbocycles. The summed E-state index contributed by atoms with van der Waals surface area (Å²) >= 11 is 0. The monoisotopic (exact) mass is 494 g/mol. The Hall–Kier alpha value is -4.21. The number of carboxylic acids is 1. The number of aryl methyl sites for hydroxylation is 3. The molecular formula is C26H24F2N4O4. The molecule has 0 radical (unpaired) electrons. The second kappa shape index (κ2) is 8.78. The summed E-state index contributed by atoms with van der Waals surface area (Å²) in [5, 5.41) is 9.10. The van der Waals surface area contributed by atoms with E-state index < -0.39 is 12.4 Å². The lowest BCUT2D eigenvalue weighted by atomic mass is 9.92. The van der Waals surface area contributed by atoms with Crippen LogP contribution in [0.5, 0.6) is 5.75 Å². The third kappa shape index (κ3) is 3.69. The number of benzene rings is 2. The Kier molecular flexibility index (Phi) is 5.74. The van der Waals surface area contributed by atoms with Gasteiger partial charge >= 0.3 is 11.7 Å². The summed E-state index contributed by atoms with van der Waals surface area (Å²) in [7, 11) is 4.89. The van der Waals surface area contributed by atoms with Gasteiger partial charge in [0.05, 0.1) is 12.6 Å². The zero-order chi connectivity index (χ0) is 25.7. The summed E-state index contributed by atoms with van der Waals surface area (Å²) in [6.07, 6.45) is 0.0590. The van der Waals surface area contributed by atoms with Gasteiger partial charge in [0, 0.05) is 55.4 Å². The molecule has 0 bridgehead atoms. The minimum atomic E-state index is -2.75. The minimum Gasteiger partial charge on any atom is -0.494 e. The number of hydrogen-bond donors (Lipinski definition) is 1. The smallest absolute Gasteiger partial charge is 0.354 e. The van der Waals surface area contributed by atoms with Crippen LogP contribution in [0.4, 0.5) is 20.2 Å². The molecule has 1 aliphatic rings. The zero-order valence-electron chi connectivity index (χ0n) is 20.0. The van der Waals surface area contributed by atoms with E-state index in [-0.39, 0.29) is 16.9 Å². The predicted molar refractivity (Wildman–Crippen MR) is 132 cm³/mol. The average molecular weight is 494 g/mol. The van der Waals surface area contributed by atoms with Crippen molar-refractivity contribution in [3.05, 3.63) is 69.9 Å². The molecule has 0 fully saturated rings. The SMILES string of the molecule is COc1cc(N2CCCc3cc(-c4ccc(C(=O)O)nc4)c(C(F)F)cc32)cc2c1n(C)c(=O)n2C. The van der Waals surface area contributed by atoms with Crippen molar-refractivity contribution in [2.24, 2.45) is 14.1 Å². The number of imidazole rings is 1. The van der Waals surface area contributed by atoms with Gasteiger partial charge in [0.25, 0.3) is 6.43 Å². The van der Waals surface area contributed by atoms with E-state index in [0.717, 1.165) is 17.7 Å². The molecule has 3 heterocycles. The van der Waals surface area contributed by atoms with Gasteiger partial charge in [-0.15, -0.1) is 0 Å². The van der Waals surface area contributed by atoms with Crippen molar-refractivity contribution in [1.29, 1.82) is 0 Å². The number of anilines is 2. The Morgan fingerprint density at radius 3 is 2.56 bits per heavy atom. The number of nitrogens with zero attached hydrogens (tertiary/aromatic N) is 4. The molecule has 5 rings (SSSR count). The topological polar surface area (TPSA) is 89.6 Å². The van der Waals surface area contributed by atoms with E-state index in [1.165, 1.54) is 40.6 Å². The molecule has 36 heavy (non-hydrogen) atoms. The van der Waals surface area contributed by atoms with Crippen LogP contribution in [0, 0.1) is 0 Å². The first-order valence-corrected chi connectivity index (χ1v) is 11.4. The molecule has 1 N–H and O–H groups in total. The van der Waals surface area contributed by atoms with Gasteiger partial charge in [0.1, 0.15) is 17.0 Å². The van der Waals surface area contributed by atoms with Gasteiger partial charge in [-0.05, 0) is 48.2 Å². The maximum absolute atomic E-state index is 14.3. The predicted octanol–water partition coefficient (Wildman–Crippen LogP) is 4.67. The van der Waals surface area contributed by atoms with Gasteiger partial charge in [-0.25, -0.2) is 23.4 Å². The Bertz CT molecular complexity index is 1560. The second-order valence-corrected chi connectivity index (χ2v) is 8.78. The van der Waals surface area contributed by atoms with E-state index in [1.54, 1.807) is 20.2 Å². The fourth-order valence-corrected chi connectivity index (χ4v) is 4.93. The van der Waals surface area contributed by atoms with Gasteiger partial charge in [0.15, 0.2) is 0 Å². The molecule has 10 heteroatoms. The van der Waals surface area contributed by atoms with Crippen molar-refractivity contribution < 1.29 is 23.4 Å². The highest BCUT2D eigenvalue weighted by atomic mass is 19.3. The van der Waals surface area contributed by atoms with Crippen molar-refractivity contribution in [1.82, 2.24) is 14.1 Å². The number of carboxylic acid groups (broad SMARTS) is 1. The fraction of sp³-hybridized carbons (Fsp3) is 0.269. The number of aromatic carboxylic acids is 1. The lowest BCUT2D eigenvalue weighted by molar-refractivity contribution is 0.0690. The normalized spacial score (nSPS) is 13.3. The summed E-state index contributed by atoms with van der Waals surface area (Å²) < 4.78 is 37.2. The number of alkyl halides is 2. The van der Waals surface area contributed by atoms with Crippen LogP contribution in [-0.2, 0) is 20.5 Å². The molecule has 4 aromatic rings. The average Bonchev–Trinajstić information content (AvgIpc) is 3.10. The molecule has 0 saturated carbocycles. The highest BCUT2D eigenvalue weighted by Crippen LogP contribution is 2.42. The van der Waals surface area contributed by atoms with E-state index in [2.05, 4.69) is 4.98 Å². The van der Waals surface area contributed by atoms with E-state index in [9.17, 15) is 18.4 Å². The summed E-state index contributed by atoms with van der Waals surface area (Å²) in [5.41, 5.74) is 3.89. The lowest BCUT2D eigenvalue weighted by Gasteiger charge is -2.33. The van der Waals surface area contributed by atoms with Gasteiger partial charge in [-0.2, -0.15) is 0 Å². The summed E-state index contributed by atoms with van der Waals surface area (Å²) in [5.74, 6) is -0.662. The molecule has 0 atom stereocenters. The number of halogens is 2. The number of methoxy groups -OCH3 is 1. The van der Waals surface area contributed by atoms with E-state index in [1.807, 2.05) is 17.0 Å². The summed E-state index contributed by atoms with van der Waals surface area (Å²) in [6, 6.07) is 9.75. The largest absolute Gasteiger partial charge is 0.494 e. The third-order valence-corrected chi connectivity index (χ3v) is 6.74. The number of pyridine rings is 1. The molecule has 0 saturated heterocycles.